The summed E-state index contributed by atoms with van der Waals surface area (Å²) in [6.45, 7) is 0. The molecule has 0 aromatic heterocycles. The number of fused-ring (bicyclic) bond motifs is 1. The highest BCUT2D eigenvalue weighted by Crippen LogP contribution is 2.34. The second-order valence-electron chi connectivity index (χ2n) is 5.81. The summed E-state index contributed by atoms with van der Waals surface area (Å²) in [6, 6.07) is 23.2. The fraction of sp³-hybridized carbons (Fsp3) is 0.0476. The smallest absolute Gasteiger partial charge is 0.124 e. The first kappa shape index (κ1) is 15.8. The molecule has 3 nitrogen and oxygen atoms in total. The fourth-order valence-electron chi connectivity index (χ4n) is 2.89. The normalized spacial score (nSPS) is 13.5. The monoisotopic (exact) mass is 390 g/mol. The summed E-state index contributed by atoms with van der Waals surface area (Å²) in [4.78, 5) is 9.65. The Labute approximate surface area is 154 Å². The van der Waals surface area contributed by atoms with Gasteiger partial charge in [0.2, 0.25) is 0 Å². The Morgan fingerprint density at radius 2 is 1.44 bits per heavy atom. The van der Waals surface area contributed by atoms with Gasteiger partial charge < -0.3 is 5.11 Å². The average Bonchev–Trinajstić information content (AvgIpc) is 2.81. The number of rotatable bonds is 2. The predicted octanol–water partition coefficient (Wildman–Crippen LogP) is 5.80. The van der Waals surface area contributed by atoms with Crippen LogP contribution < -0.4 is 0 Å². The highest BCUT2D eigenvalue weighted by Gasteiger charge is 2.18. The maximum absolute atomic E-state index is 10.3. The number of para-hydroxylation sites is 3. The van der Waals surface area contributed by atoms with Crippen molar-refractivity contribution in [1.29, 1.82) is 0 Å². The lowest BCUT2D eigenvalue weighted by Crippen LogP contribution is -2.10. The van der Waals surface area contributed by atoms with Gasteiger partial charge in [0.25, 0.3) is 0 Å². The van der Waals surface area contributed by atoms with E-state index in [4.69, 9.17) is 9.98 Å². The summed E-state index contributed by atoms with van der Waals surface area (Å²) < 4.78 is 1.01. The third kappa shape index (κ3) is 3.26. The third-order valence-electron chi connectivity index (χ3n) is 4.10. The number of aliphatic imine (C=N–C) groups is 2. The van der Waals surface area contributed by atoms with Gasteiger partial charge >= 0.3 is 0 Å². The molecule has 0 spiro atoms. The van der Waals surface area contributed by atoms with Crippen molar-refractivity contribution in [3.63, 3.8) is 0 Å². The highest BCUT2D eigenvalue weighted by atomic mass is 79.9. The van der Waals surface area contributed by atoms with Crippen molar-refractivity contribution in [2.24, 2.45) is 9.98 Å². The zero-order valence-electron chi connectivity index (χ0n) is 13.4. The van der Waals surface area contributed by atoms with Crippen LogP contribution in [0.3, 0.4) is 0 Å². The van der Waals surface area contributed by atoms with E-state index in [1.165, 1.54) is 0 Å². The molecular weight excluding hydrogens is 376 g/mol. The lowest BCUT2D eigenvalue weighted by atomic mass is 9.99. The molecule has 3 aromatic rings. The van der Waals surface area contributed by atoms with Crippen LogP contribution >= 0.6 is 15.9 Å². The summed E-state index contributed by atoms with van der Waals surface area (Å²) in [5.41, 5.74) is 5.15. The number of phenols is 1. The Morgan fingerprint density at radius 1 is 0.760 bits per heavy atom. The van der Waals surface area contributed by atoms with Crippen LogP contribution in [0.15, 0.2) is 87.3 Å². The van der Waals surface area contributed by atoms with Crippen LogP contribution in [0, 0.1) is 0 Å². The number of hydrogen-bond donors (Lipinski definition) is 1. The molecule has 1 heterocycles. The van der Waals surface area contributed by atoms with Crippen LogP contribution in [0.25, 0.3) is 0 Å². The van der Waals surface area contributed by atoms with Crippen molar-refractivity contribution < 1.29 is 5.11 Å². The predicted molar refractivity (Wildman–Crippen MR) is 106 cm³/mol. The van der Waals surface area contributed by atoms with Crippen molar-refractivity contribution in [3.05, 3.63) is 88.4 Å². The van der Waals surface area contributed by atoms with Gasteiger partial charge in [-0.15, -0.1) is 0 Å². The van der Waals surface area contributed by atoms with E-state index in [0.717, 1.165) is 38.4 Å². The number of benzene rings is 3. The minimum atomic E-state index is 0.231. The lowest BCUT2D eigenvalue weighted by Gasteiger charge is -2.09. The average molecular weight is 391 g/mol. The Hall–Kier alpha value is -2.72. The third-order valence-corrected chi connectivity index (χ3v) is 4.59. The van der Waals surface area contributed by atoms with E-state index in [2.05, 4.69) is 22.0 Å². The first-order valence-corrected chi connectivity index (χ1v) is 8.78. The molecular formula is C21H15BrN2O. The Balaban J connectivity index is 1.90. The molecule has 25 heavy (non-hydrogen) atoms. The van der Waals surface area contributed by atoms with Crippen molar-refractivity contribution in [2.75, 3.05) is 0 Å². The van der Waals surface area contributed by atoms with Crippen LogP contribution in [0.5, 0.6) is 5.75 Å². The second-order valence-corrected chi connectivity index (χ2v) is 6.73. The van der Waals surface area contributed by atoms with Crippen LogP contribution in [-0.4, -0.2) is 16.5 Å². The van der Waals surface area contributed by atoms with Crippen LogP contribution in [-0.2, 0) is 0 Å². The molecule has 0 saturated carbocycles. The second kappa shape index (κ2) is 6.65. The van der Waals surface area contributed by atoms with E-state index in [1.54, 1.807) is 6.07 Å². The molecule has 0 unspecified atom stereocenters. The molecule has 0 amide bonds. The molecule has 0 atom stereocenters. The van der Waals surface area contributed by atoms with Gasteiger partial charge in [-0.1, -0.05) is 52.3 Å². The Bertz CT molecular complexity index is 1010. The molecule has 4 heteroatoms. The Kier molecular flexibility index (Phi) is 4.20. The summed E-state index contributed by atoms with van der Waals surface area (Å²) in [5.74, 6) is 0.231. The van der Waals surface area contributed by atoms with Crippen molar-refractivity contribution >= 4 is 38.7 Å². The van der Waals surface area contributed by atoms with Gasteiger partial charge in [0.15, 0.2) is 0 Å². The molecule has 122 valence electrons. The van der Waals surface area contributed by atoms with E-state index in [-0.39, 0.29) is 5.75 Å². The van der Waals surface area contributed by atoms with Crippen molar-refractivity contribution in [1.82, 2.24) is 0 Å². The lowest BCUT2D eigenvalue weighted by molar-refractivity contribution is 0.474. The molecule has 0 fully saturated rings. The maximum Gasteiger partial charge on any atom is 0.124 e. The minimum absolute atomic E-state index is 0.231. The van der Waals surface area contributed by atoms with Crippen molar-refractivity contribution in [2.45, 2.75) is 6.42 Å². The SMILES string of the molecule is Oc1ccccc1C1=Nc2ccccc2N=C(c2cccc(Br)c2)C1. The van der Waals surface area contributed by atoms with E-state index >= 15 is 0 Å². The maximum atomic E-state index is 10.3. The van der Waals surface area contributed by atoms with E-state index in [1.807, 2.05) is 60.7 Å². The molecule has 1 aliphatic rings. The summed E-state index contributed by atoms with van der Waals surface area (Å²) in [5, 5.41) is 10.3. The fourth-order valence-corrected chi connectivity index (χ4v) is 3.29. The van der Waals surface area contributed by atoms with E-state index < -0.39 is 0 Å². The van der Waals surface area contributed by atoms with Crippen molar-refractivity contribution in [3.8, 4) is 5.75 Å². The summed E-state index contributed by atoms with van der Waals surface area (Å²) in [7, 11) is 0. The van der Waals surface area contributed by atoms with Gasteiger partial charge in [0, 0.05) is 16.5 Å². The van der Waals surface area contributed by atoms with Gasteiger partial charge in [0.1, 0.15) is 5.75 Å². The zero-order chi connectivity index (χ0) is 17.2. The van der Waals surface area contributed by atoms with Gasteiger partial charge in [-0.2, -0.15) is 0 Å². The highest BCUT2D eigenvalue weighted by molar-refractivity contribution is 9.10. The van der Waals surface area contributed by atoms with Crippen LogP contribution in [0.2, 0.25) is 0 Å². The topological polar surface area (TPSA) is 45.0 Å². The van der Waals surface area contributed by atoms with Gasteiger partial charge in [-0.25, -0.2) is 0 Å². The first-order valence-electron chi connectivity index (χ1n) is 7.99. The number of halogens is 1. The molecule has 1 aliphatic heterocycles. The molecule has 1 N–H and O–H groups in total. The molecule has 0 radical (unpaired) electrons. The molecule has 4 rings (SSSR count). The quantitative estimate of drug-likeness (QED) is 0.590. The molecule has 3 aromatic carbocycles. The van der Waals surface area contributed by atoms with Crippen LogP contribution in [0.1, 0.15) is 17.5 Å². The largest absolute Gasteiger partial charge is 0.507 e. The van der Waals surface area contributed by atoms with Gasteiger partial charge in [-0.3, -0.25) is 9.98 Å². The number of phenolic OH excluding ortho intramolecular Hbond substituents is 1. The van der Waals surface area contributed by atoms with E-state index in [9.17, 15) is 5.11 Å². The Morgan fingerprint density at radius 3 is 2.16 bits per heavy atom. The number of aromatic hydroxyl groups is 1. The van der Waals surface area contributed by atoms with Crippen LogP contribution in [0.4, 0.5) is 11.4 Å². The number of hydrogen-bond acceptors (Lipinski definition) is 3. The van der Waals surface area contributed by atoms with Gasteiger partial charge in [-0.05, 0) is 42.0 Å². The first-order chi connectivity index (χ1) is 12.2. The number of nitrogens with zero attached hydrogens (tertiary/aromatic N) is 2. The summed E-state index contributed by atoms with van der Waals surface area (Å²) in [6.07, 6.45) is 0.544. The molecule has 0 aliphatic carbocycles. The molecule has 0 saturated heterocycles. The minimum Gasteiger partial charge on any atom is -0.507 e. The standard InChI is InChI=1S/C21H15BrN2O/c22-15-7-5-6-14(12-15)19-13-20(16-8-1-4-11-21(16)25)24-18-10-3-2-9-17(18)23-19/h1-12,25H,13H2. The van der Waals surface area contributed by atoms with E-state index in [0.29, 0.717) is 6.42 Å². The van der Waals surface area contributed by atoms with Gasteiger partial charge in [0.05, 0.1) is 22.8 Å². The summed E-state index contributed by atoms with van der Waals surface area (Å²) >= 11 is 3.53. The zero-order valence-corrected chi connectivity index (χ0v) is 14.9. The molecule has 0 bridgehead atoms.